The maximum atomic E-state index is 4.18. The fraction of sp³-hybridized carbons (Fsp3) is 0.105. The topological polar surface area (TPSA) is 55.6 Å². The standard InChI is InChI=1S/C19H17N5/c1-2-4-19-18(3-1)22-23-24(19)14-21-17-7-5-15(6-8-17)13-16-9-11-20-12-10-16/h1-12,21H,13-14H2. The van der Waals surface area contributed by atoms with Crippen LogP contribution < -0.4 is 5.32 Å². The number of fused-ring (bicyclic) bond motifs is 1. The molecule has 0 fully saturated rings. The zero-order valence-corrected chi connectivity index (χ0v) is 13.1. The first-order valence-electron chi connectivity index (χ1n) is 7.88. The first-order chi connectivity index (χ1) is 11.9. The quantitative estimate of drug-likeness (QED) is 0.612. The zero-order chi connectivity index (χ0) is 16.2. The molecular formula is C19H17N5. The molecule has 0 saturated carbocycles. The molecule has 0 saturated heterocycles. The van der Waals surface area contributed by atoms with Crippen LogP contribution in [0.25, 0.3) is 11.0 Å². The second-order valence-electron chi connectivity index (χ2n) is 5.64. The van der Waals surface area contributed by atoms with Gasteiger partial charge >= 0.3 is 0 Å². The molecular weight excluding hydrogens is 298 g/mol. The molecule has 24 heavy (non-hydrogen) atoms. The number of nitrogens with zero attached hydrogens (tertiary/aromatic N) is 4. The Morgan fingerprint density at radius 2 is 1.58 bits per heavy atom. The number of benzene rings is 2. The molecule has 2 heterocycles. The second-order valence-corrected chi connectivity index (χ2v) is 5.64. The largest absolute Gasteiger partial charge is 0.366 e. The van der Waals surface area contributed by atoms with Gasteiger partial charge in [-0.25, -0.2) is 4.68 Å². The van der Waals surface area contributed by atoms with Gasteiger partial charge in [0.15, 0.2) is 0 Å². The summed E-state index contributed by atoms with van der Waals surface area (Å²) < 4.78 is 1.86. The van der Waals surface area contributed by atoms with Crippen molar-refractivity contribution < 1.29 is 0 Å². The van der Waals surface area contributed by atoms with Gasteiger partial charge in [-0.1, -0.05) is 29.5 Å². The Kier molecular flexibility index (Phi) is 3.90. The molecule has 4 rings (SSSR count). The van der Waals surface area contributed by atoms with Crippen LogP contribution in [0.3, 0.4) is 0 Å². The van der Waals surface area contributed by atoms with Crippen LogP contribution in [-0.2, 0) is 13.1 Å². The normalized spacial score (nSPS) is 10.8. The summed E-state index contributed by atoms with van der Waals surface area (Å²) >= 11 is 0. The van der Waals surface area contributed by atoms with E-state index in [0.29, 0.717) is 6.67 Å². The van der Waals surface area contributed by atoms with Crippen molar-refractivity contribution in [3.05, 3.63) is 84.2 Å². The molecule has 0 atom stereocenters. The predicted molar refractivity (Wildman–Crippen MR) is 94.6 cm³/mol. The van der Waals surface area contributed by atoms with Gasteiger partial charge in [-0.3, -0.25) is 4.98 Å². The van der Waals surface area contributed by atoms with E-state index in [1.54, 1.807) is 0 Å². The fourth-order valence-electron chi connectivity index (χ4n) is 2.68. The molecule has 0 spiro atoms. The van der Waals surface area contributed by atoms with Crippen molar-refractivity contribution in [3.8, 4) is 0 Å². The minimum absolute atomic E-state index is 0.588. The van der Waals surface area contributed by atoms with Crippen LogP contribution in [0, 0.1) is 0 Å². The Bertz CT molecular complexity index is 929. The van der Waals surface area contributed by atoms with E-state index < -0.39 is 0 Å². The van der Waals surface area contributed by atoms with E-state index in [0.717, 1.165) is 23.1 Å². The molecule has 0 bridgehead atoms. The average Bonchev–Trinajstić information content (AvgIpc) is 3.05. The van der Waals surface area contributed by atoms with Crippen LogP contribution in [-0.4, -0.2) is 20.0 Å². The molecule has 4 aromatic rings. The minimum atomic E-state index is 0.588. The molecule has 0 radical (unpaired) electrons. The van der Waals surface area contributed by atoms with Gasteiger partial charge in [-0.05, 0) is 53.9 Å². The summed E-state index contributed by atoms with van der Waals surface area (Å²) in [5.74, 6) is 0. The van der Waals surface area contributed by atoms with Crippen molar-refractivity contribution in [3.63, 3.8) is 0 Å². The minimum Gasteiger partial charge on any atom is -0.366 e. The molecule has 0 aliphatic rings. The van der Waals surface area contributed by atoms with Crippen molar-refractivity contribution in [1.82, 2.24) is 20.0 Å². The molecule has 1 N–H and O–H groups in total. The highest BCUT2D eigenvalue weighted by Gasteiger charge is 2.03. The summed E-state index contributed by atoms with van der Waals surface area (Å²) in [6, 6.07) is 20.5. The summed E-state index contributed by atoms with van der Waals surface area (Å²) in [6.07, 6.45) is 4.57. The smallest absolute Gasteiger partial charge is 0.113 e. The van der Waals surface area contributed by atoms with E-state index in [9.17, 15) is 0 Å². The van der Waals surface area contributed by atoms with Crippen molar-refractivity contribution in [1.29, 1.82) is 0 Å². The molecule has 5 nitrogen and oxygen atoms in total. The molecule has 0 amide bonds. The summed E-state index contributed by atoms with van der Waals surface area (Å²) in [4.78, 5) is 4.05. The molecule has 5 heteroatoms. The van der Waals surface area contributed by atoms with Gasteiger partial charge in [0.1, 0.15) is 12.2 Å². The highest BCUT2D eigenvalue weighted by atomic mass is 15.4. The maximum Gasteiger partial charge on any atom is 0.113 e. The fourth-order valence-corrected chi connectivity index (χ4v) is 2.68. The van der Waals surface area contributed by atoms with Crippen LogP contribution in [0.5, 0.6) is 0 Å². The van der Waals surface area contributed by atoms with E-state index in [2.05, 4.69) is 44.9 Å². The summed E-state index contributed by atoms with van der Waals surface area (Å²) in [7, 11) is 0. The lowest BCUT2D eigenvalue weighted by Gasteiger charge is -2.08. The van der Waals surface area contributed by atoms with Crippen LogP contribution in [0.15, 0.2) is 73.1 Å². The lowest BCUT2D eigenvalue weighted by molar-refractivity contribution is 0.655. The Balaban J connectivity index is 1.42. The number of para-hydroxylation sites is 1. The number of anilines is 1. The van der Waals surface area contributed by atoms with E-state index >= 15 is 0 Å². The Hall–Kier alpha value is -3.21. The van der Waals surface area contributed by atoms with Gasteiger partial charge in [0.2, 0.25) is 0 Å². The van der Waals surface area contributed by atoms with Gasteiger partial charge in [0, 0.05) is 18.1 Å². The van der Waals surface area contributed by atoms with Gasteiger partial charge in [0.25, 0.3) is 0 Å². The predicted octanol–water partition coefficient (Wildman–Crippen LogP) is 3.49. The summed E-state index contributed by atoms with van der Waals surface area (Å²) in [5.41, 5.74) is 5.54. The lowest BCUT2D eigenvalue weighted by Crippen LogP contribution is -2.09. The highest BCUT2D eigenvalue weighted by molar-refractivity contribution is 5.73. The number of aromatic nitrogens is 4. The van der Waals surface area contributed by atoms with Gasteiger partial charge in [-0.15, -0.1) is 5.10 Å². The molecule has 2 aromatic heterocycles. The average molecular weight is 315 g/mol. The van der Waals surface area contributed by atoms with Gasteiger partial charge in [-0.2, -0.15) is 0 Å². The zero-order valence-electron chi connectivity index (χ0n) is 13.1. The number of rotatable bonds is 5. The van der Waals surface area contributed by atoms with Crippen LogP contribution in [0.4, 0.5) is 5.69 Å². The number of nitrogens with one attached hydrogen (secondary N) is 1. The first-order valence-corrected chi connectivity index (χ1v) is 7.88. The Morgan fingerprint density at radius 3 is 2.42 bits per heavy atom. The van der Waals surface area contributed by atoms with Crippen LogP contribution >= 0.6 is 0 Å². The van der Waals surface area contributed by atoms with E-state index in [4.69, 9.17) is 0 Å². The van der Waals surface area contributed by atoms with Crippen LogP contribution in [0.1, 0.15) is 11.1 Å². The van der Waals surface area contributed by atoms with Crippen molar-refractivity contribution in [2.75, 3.05) is 5.32 Å². The second kappa shape index (κ2) is 6.50. The lowest BCUT2D eigenvalue weighted by atomic mass is 10.1. The molecule has 2 aromatic carbocycles. The third-order valence-corrected chi connectivity index (χ3v) is 3.96. The maximum absolute atomic E-state index is 4.18. The number of hydrogen-bond donors (Lipinski definition) is 1. The van der Waals surface area contributed by atoms with E-state index in [1.807, 2.05) is 53.5 Å². The highest BCUT2D eigenvalue weighted by Crippen LogP contribution is 2.14. The van der Waals surface area contributed by atoms with Crippen molar-refractivity contribution >= 4 is 16.7 Å². The van der Waals surface area contributed by atoms with E-state index in [-0.39, 0.29) is 0 Å². The first kappa shape index (κ1) is 14.4. The van der Waals surface area contributed by atoms with Crippen molar-refractivity contribution in [2.45, 2.75) is 13.1 Å². The van der Waals surface area contributed by atoms with Gasteiger partial charge < -0.3 is 5.32 Å². The third-order valence-electron chi connectivity index (χ3n) is 3.96. The SMILES string of the molecule is c1ccc2c(c1)nnn2CNc1ccc(Cc2ccncc2)cc1. The number of hydrogen-bond acceptors (Lipinski definition) is 4. The Morgan fingerprint density at radius 1 is 0.833 bits per heavy atom. The summed E-state index contributed by atoms with van der Waals surface area (Å²) in [6.45, 7) is 0.588. The molecule has 0 unspecified atom stereocenters. The van der Waals surface area contributed by atoms with E-state index in [1.165, 1.54) is 11.1 Å². The monoisotopic (exact) mass is 315 g/mol. The number of pyridine rings is 1. The van der Waals surface area contributed by atoms with Crippen molar-refractivity contribution in [2.24, 2.45) is 0 Å². The molecule has 0 aliphatic carbocycles. The Labute approximate surface area is 140 Å². The molecule has 0 aliphatic heterocycles. The summed E-state index contributed by atoms with van der Waals surface area (Å²) in [5, 5.41) is 11.7. The van der Waals surface area contributed by atoms with Crippen LogP contribution in [0.2, 0.25) is 0 Å². The third kappa shape index (κ3) is 3.10. The van der Waals surface area contributed by atoms with Gasteiger partial charge in [0.05, 0.1) is 5.52 Å². The molecule has 118 valence electrons.